The first-order chi connectivity index (χ1) is 12.7. The molecule has 5 rings (SSSR count). The number of hydrogen-bond acceptors (Lipinski definition) is 5. The summed E-state index contributed by atoms with van der Waals surface area (Å²) < 4.78 is 38.9. The standard InChI is InChI=1S/C20H32BNO5S/c1-17(2)12-20-9-7-14(17)11-15(20)22(28(24,25)13-20)16(23)8-10-21-26-18(3,4)19(5,6)27-21/h8,10,14-15H,7,9,11-13H2,1-6H3/b10-8+. The minimum atomic E-state index is -3.60. The third-order valence-corrected chi connectivity index (χ3v) is 10.0. The minimum Gasteiger partial charge on any atom is -0.400 e. The zero-order chi connectivity index (χ0) is 20.8. The molecule has 5 fully saturated rings. The molecule has 156 valence electrons. The van der Waals surface area contributed by atoms with Crippen LogP contribution in [0.25, 0.3) is 0 Å². The molecule has 28 heavy (non-hydrogen) atoms. The molecule has 3 saturated carbocycles. The fraction of sp³-hybridized carbons (Fsp3) is 0.850. The summed E-state index contributed by atoms with van der Waals surface area (Å²) in [6.45, 7) is 12.2. The van der Waals surface area contributed by atoms with Crippen molar-refractivity contribution in [2.45, 2.75) is 84.5 Å². The van der Waals surface area contributed by atoms with Crippen molar-refractivity contribution in [2.75, 3.05) is 5.75 Å². The normalized spacial score (nSPS) is 39.5. The van der Waals surface area contributed by atoms with Gasteiger partial charge in [-0.3, -0.25) is 4.79 Å². The van der Waals surface area contributed by atoms with E-state index in [9.17, 15) is 13.2 Å². The third kappa shape index (κ3) is 2.90. The van der Waals surface area contributed by atoms with Crippen molar-refractivity contribution in [3.8, 4) is 0 Å². The van der Waals surface area contributed by atoms with Gasteiger partial charge in [0, 0.05) is 5.41 Å². The van der Waals surface area contributed by atoms with Gasteiger partial charge in [0.1, 0.15) is 0 Å². The molecule has 0 N–H and O–H groups in total. The summed E-state index contributed by atoms with van der Waals surface area (Å²) in [6.07, 6.45) is 4.94. The van der Waals surface area contributed by atoms with Crippen LogP contribution < -0.4 is 0 Å². The Morgan fingerprint density at radius 3 is 2.29 bits per heavy atom. The van der Waals surface area contributed by atoms with E-state index in [-0.39, 0.29) is 22.6 Å². The lowest BCUT2D eigenvalue weighted by molar-refractivity contribution is -0.129. The fourth-order valence-corrected chi connectivity index (χ4v) is 8.25. The molecule has 0 radical (unpaired) electrons. The summed E-state index contributed by atoms with van der Waals surface area (Å²) in [7, 11) is -4.26. The van der Waals surface area contributed by atoms with Crippen molar-refractivity contribution in [2.24, 2.45) is 16.7 Å². The highest BCUT2D eigenvalue weighted by Gasteiger charge is 2.64. The molecule has 2 bridgehead atoms. The Hall–Kier alpha value is -0.855. The largest absolute Gasteiger partial charge is 0.487 e. The van der Waals surface area contributed by atoms with E-state index in [1.54, 1.807) is 5.98 Å². The molecule has 2 saturated heterocycles. The SMILES string of the molecule is CC1(C)CC23CCC1CC2N(C(=O)/C=C/B1OC(C)(C)C(C)(C)O1)S(=O)(=O)C3. The van der Waals surface area contributed by atoms with E-state index in [0.717, 1.165) is 25.7 Å². The Balaban J connectivity index is 1.56. The molecule has 0 aromatic heterocycles. The second-order valence-corrected chi connectivity index (χ2v) is 12.7. The molecule has 3 aliphatic carbocycles. The molecule has 1 amide bonds. The molecule has 1 spiro atoms. The number of carbonyl (C=O) groups excluding carboxylic acids is 1. The van der Waals surface area contributed by atoms with Gasteiger partial charge in [-0.15, -0.1) is 0 Å². The number of sulfonamides is 1. The maximum atomic E-state index is 13.0. The van der Waals surface area contributed by atoms with Crippen LogP contribution in [0.2, 0.25) is 0 Å². The summed E-state index contributed by atoms with van der Waals surface area (Å²) in [5, 5.41) is 0. The average molecular weight is 409 g/mol. The molecular weight excluding hydrogens is 377 g/mol. The Labute approximate surface area is 169 Å². The van der Waals surface area contributed by atoms with Gasteiger partial charge in [0.05, 0.1) is 23.0 Å². The lowest BCUT2D eigenvalue weighted by Crippen LogP contribution is -2.56. The second-order valence-electron chi connectivity index (χ2n) is 10.9. The van der Waals surface area contributed by atoms with Crippen LogP contribution in [-0.2, 0) is 24.1 Å². The van der Waals surface area contributed by atoms with Crippen molar-refractivity contribution >= 4 is 23.0 Å². The van der Waals surface area contributed by atoms with E-state index in [1.807, 2.05) is 27.7 Å². The van der Waals surface area contributed by atoms with E-state index in [1.165, 1.54) is 10.4 Å². The number of amides is 1. The van der Waals surface area contributed by atoms with Crippen LogP contribution in [0, 0.1) is 16.7 Å². The van der Waals surface area contributed by atoms with Crippen molar-refractivity contribution in [3.63, 3.8) is 0 Å². The zero-order valence-corrected chi connectivity index (χ0v) is 18.6. The molecular formula is C20H32BNO5S. The first kappa shape index (κ1) is 20.4. The van der Waals surface area contributed by atoms with Crippen LogP contribution in [0.4, 0.5) is 0 Å². The van der Waals surface area contributed by atoms with Gasteiger partial charge in [0.15, 0.2) is 0 Å². The van der Waals surface area contributed by atoms with Crippen LogP contribution in [0.15, 0.2) is 12.1 Å². The molecule has 0 aromatic rings. The van der Waals surface area contributed by atoms with E-state index >= 15 is 0 Å². The maximum absolute atomic E-state index is 13.0. The number of hydrogen-bond donors (Lipinski definition) is 0. The number of rotatable bonds is 2. The van der Waals surface area contributed by atoms with Crippen molar-refractivity contribution in [1.82, 2.24) is 4.31 Å². The van der Waals surface area contributed by atoms with Gasteiger partial charge in [-0.1, -0.05) is 13.8 Å². The molecule has 3 unspecified atom stereocenters. The Morgan fingerprint density at radius 1 is 1.11 bits per heavy atom. The van der Waals surface area contributed by atoms with Crippen LogP contribution in [-0.4, -0.2) is 48.7 Å². The molecule has 2 heterocycles. The van der Waals surface area contributed by atoms with E-state index in [4.69, 9.17) is 9.31 Å². The van der Waals surface area contributed by atoms with Gasteiger partial charge >= 0.3 is 7.12 Å². The van der Waals surface area contributed by atoms with Crippen molar-refractivity contribution in [3.05, 3.63) is 12.1 Å². The van der Waals surface area contributed by atoms with Crippen LogP contribution in [0.1, 0.15) is 67.2 Å². The Kier molecular flexibility index (Phi) is 4.27. The maximum Gasteiger partial charge on any atom is 0.487 e. The Bertz CT molecular complexity index is 818. The van der Waals surface area contributed by atoms with Gasteiger partial charge in [0.25, 0.3) is 5.91 Å². The average Bonchev–Trinajstić information content (AvgIpc) is 2.87. The van der Waals surface area contributed by atoms with Crippen molar-refractivity contribution in [1.29, 1.82) is 0 Å². The molecule has 5 aliphatic rings. The monoisotopic (exact) mass is 409 g/mol. The lowest BCUT2D eigenvalue weighted by atomic mass is 9.49. The summed E-state index contributed by atoms with van der Waals surface area (Å²) in [6, 6.07) is -0.209. The van der Waals surface area contributed by atoms with Crippen LogP contribution in [0.5, 0.6) is 0 Å². The predicted octanol–water partition coefficient (Wildman–Crippen LogP) is 2.93. The first-order valence-corrected chi connectivity index (χ1v) is 11.9. The van der Waals surface area contributed by atoms with Crippen LogP contribution >= 0.6 is 0 Å². The number of nitrogens with zero attached hydrogens (tertiary/aromatic N) is 1. The topological polar surface area (TPSA) is 72.9 Å². The second kappa shape index (κ2) is 5.85. The highest BCUT2D eigenvalue weighted by Crippen LogP contribution is 2.63. The molecule has 3 atom stereocenters. The molecule has 8 heteroatoms. The van der Waals surface area contributed by atoms with E-state index < -0.39 is 34.3 Å². The molecule has 2 aliphatic heterocycles. The predicted molar refractivity (Wildman–Crippen MR) is 108 cm³/mol. The molecule has 6 nitrogen and oxygen atoms in total. The number of fused-ring (bicyclic) bond motifs is 2. The minimum absolute atomic E-state index is 0.0941. The summed E-state index contributed by atoms with van der Waals surface area (Å²) in [5.41, 5.74) is -1.14. The zero-order valence-electron chi connectivity index (χ0n) is 17.8. The van der Waals surface area contributed by atoms with E-state index in [0.29, 0.717) is 5.92 Å². The van der Waals surface area contributed by atoms with Gasteiger partial charge in [0.2, 0.25) is 10.0 Å². The first-order valence-electron chi connectivity index (χ1n) is 10.3. The smallest absolute Gasteiger partial charge is 0.400 e. The highest BCUT2D eigenvalue weighted by atomic mass is 32.2. The van der Waals surface area contributed by atoms with E-state index in [2.05, 4.69) is 13.8 Å². The Morgan fingerprint density at radius 2 is 1.71 bits per heavy atom. The third-order valence-electron chi connectivity index (χ3n) is 8.06. The summed E-state index contributed by atoms with van der Waals surface area (Å²) in [5.74, 6) is 1.64. The summed E-state index contributed by atoms with van der Waals surface area (Å²) in [4.78, 5) is 13.0. The lowest BCUT2D eigenvalue weighted by Gasteiger charge is -2.56. The highest BCUT2D eigenvalue weighted by molar-refractivity contribution is 7.90. The quantitative estimate of drug-likeness (QED) is 0.518. The number of carbonyl (C=O) groups is 1. The van der Waals surface area contributed by atoms with Crippen molar-refractivity contribution < 1.29 is 22.5 Å². The summed E-state index contributed by atoms with van der Waals surface area (Å²) >= 11 is 0. The molecule has 0 aromatic carbocycles. The fourth-order valence-electron chi connectivity index (χ4n) is 5.92. The van der Waals surface area contributed by atoms with Gasteiger partial charge in [-0.2, -0.15) is 0 Å². The van der Waals surface area contributed by atoms with Gasteiger partial charge < -0.3 is 9.31 Å². The van der Waals surface area contributed by atoms with Gasteiger partial charge in [-0.05, 0) is 76.8 Å². The van der Waals surface area contributed by atoms with Gasteiger partial charge in [-0.25, -0.2) is 12.7 Å². The van der Waals surface area contributed by atoms with Crippen LogP contribution in [0.3, 0.4) is 0 Å².